The molecule has 2 fully saturated rings. The number of carbonyl (C=O) groups excluding carboxylic acids is 1. The zero-order valence-corrected chi connectivity index (χ0v) is 12.9. The van der Waals surface area contributed by atoms with E-state index in [9.17, 15) is 9.90 Å². The van der Waals surface area contributed by atoms with Crippen molar-refractivity contribution in [2.75, 3.05) is 13.7 Å². The van der Waals surface area contributed by atoms with Crippen molar-refractivity contribution in [2.45, 2.75) is 57.8 Å². The quantitative estimate of drug-likeness (QED) is 0.620. The lowest BCUT2D eigenvalue weighted by molar-refractivity contribution is -0.142. The Morgan fingerprint density at radius 2 is 2.25 bits per heavy atom. The third-order valence-corrected chi connectivity index (χ3v) is 4.78. The van der Waals surface area contributed by atoms with E-state index >= 15 is 0 Å². The van der Waals surface area contributed by atoms with Crippen LogP contribution in [0.25, 0.3) is 0 Å². The van der Waals surface area contributed by atoms with E-state index in [2.05, 4.69) is 26.8 Å². The van der Waals surface area contributed by atoms with Gasteiger partial charge in [0.1, 0.15) is 6.10 Å². The molecule has 1 heterocycles. The van der Waals surface area contributed by atoms with Crippen LogP contribution < -0.4 is 0 Å². The molecule has 114 valence electrons. The van der Waals surface area contributed by atoms with E-state index in [1.165, 1.54) is 5.57 Å². The van der Waals surface area contributed by atoms with E-state index < -0.39 is 6.10 Å². The van der Waals surface area contributed by atoms with Crippen LogP contribution in [0.5, 0.6) is 0 Å². The fourth-order valence-electron chi connectivity index (χ4n) is 3.54. The molecule has 0 spiro atoms. The molecule has 1 aliphatic carbocycles. The predicted octanol–water partition coefficient (Wildman–Crippen LogP) is 2.10. The van der Waals surface area contributed by atoms with Crippen molar-refractivity contribution in [3.05, 3.63) is 11.6 Å². The minimum atomic E-state index is -0.442. The molecule has 0 bridgehead atoms. The highest BCUT2D eigenvalue weighted by atomic mass is 16.6. The minimum absolute atomic E-state index is 0.0469. The van der Waals surface area contributed by atoms with Crippen molar-refractivity contribution in [1.29, 1.82) is 0 Å². The fourth-order valence-corrected chi connectivity index (χ4v) is 3.54. The highest BCUT2D eigenvalue weighted by Gasteiger charge is 2.62. The molecule has 4 nitrogen and oxygen atoms in total. The Bertz CT molecular complexity index is 399. The van der Waals surface area contributed by atoms with Crippen LogP contribution in [0.3, 0.4) is 0 Å². The fraction of sp³-hybridized carbons (Fsp3) is 0.812. The molecular weight excluding hydrogens is 256 g/mol. The topological polar surface area (TPSA) is 59.1 Å². The maximum Gasteiger partial charge on any atom is 0.161 e. The molecule has 5 unspecified atom stereocenters. The van der Waals surface area contributed by atoms with Crippen LogP contribution in [-0.4, -0.2) is 42.4 Å². The van der Waals surface area contributed by atoms with Crippen LogP contribution in [0.4, 0.5) is 0 Å². The highest BCUT2D eigenvalue weighted by Crippen LogP contribution is 2.52. The van der Waals surface area contributed by atoms with Crippen LogP contribution in [0.2, 0.25) is 0 Å². The monoisotopic (exact) mass is 282 g/mol. The highest BCUT2D eigenvalue weighted by molar-refractivity contribution is 5.84. The normalized spacial score (nSPS) is 40.5. The van der Waals surface area contributed by atoms with Gasteiger partial charge in [-0.3, -0.25) is 4.79 Å². The van der Waals surface area contributed by atoms with Crippen LogP contribution in [0, 0.1) is 11.8 Å². The van der Waals surface area contributed by atoms with Gasteiger partial charge < -0.3 is 14.6 Å². The average molecular weight is 282 g/mol. The number of hydrogen-bond acceptors (Lipinski definition) is 4. The van der Waals surface area contributed by atoms with E-state index in [0.29, 0.717) is 6.42 Å². The summed E-state index contributed by atoms with van der Waals surface area (Å²) in [5, 5.41) is 9.62. The standard InChI is InChI=1S/C16H26O4/c1-10(2)5-8-13-16(3,20-13)14-11(9-17)6-7-12(18)15(14)19-4/h5,11,13-15,17H,6-9H2,1-4H3. The zero-order chi connectivity index (χ0) is 14.9. The largest absolute Gasteiger partial charge is 0.396 e. The van der Waals surface area contributed by atoms with Gasteiger partial charge in [0.05, 0.1) is 11.7 Å². The van der Waals surface area contributed by atoms with Gasteiger partial charge in [0.15, 0.2) is 5.78 Å². The van der Waals surface area contributed by atoms with Gasteiger partial charge in [-0.1, -0.05) is 11.6 Å². The summed E-state index contributed by atoms with van der Waals surface area (Å²) in [6, 6.07) is 0. The van der Waals surface area contributed by atoms with Crippen molar-refractivity contribution in [1.82, 2.24) is 0 Å². The maximum atomic E-state index is 12.1. The molecule has 1 saturated carbocycles. The summed E-state index contributed by atoms with van der Waals surface area (Å²) in [6.07, 6.45) is 3.93. The lowest BCUT2D eigenvalue weighted by atomic mass is 9.69. The number of aliphatic hydroxyl groups is 1. The number of aliphatic hydroxyl groups excluding tert-OH is 1. The Balaban J connectivity index is 2.15. The van der Waals surface area contributed by atoms with E-state index in [1.54, 1.807) is 7.11 Å². The predicted molar refractivity (Wildman–Crippen MR) is 76.4 cm³/mol. The number of allylic oxidation sites excluding steroid dienone is 1. The third-order valence-electron chi connectivity index (χ3n) is 4.78. The molecule has 0 radical (unpaired) electrons. The van der Waals surface area contributed by atoms with Crippen molar-refractivity contribution >= 4 is 5.78 Å². The molecule has 0 aromatic heterocycles. The summed E-state index contributed by atoms with van der Waals surface area (Å²) in [7, 11) is 1.58. The van der Waals surface area contributed by atoms with Crippen molar-refractivity contribution in [3.63, 3.8) is 0 Å². The zero-order valence-electron chi connectivity index (χ0n) is 12.9. The molecule has 5 atom stereocenters. The second-order valence-corrected chi connectivity index (χ2v) is 6.44. The van der Waals surface area contributed by atoms with Gasteiger partial charge in [0.2, 0.25) is 0 Å². The molecule has 0 amide bonds. The first-order chi connectivity index (χ1) is 9.43. The summed E-state index contributed by atoms with van der Waals surface area (Å²) in [6.45, 7) is 6.28. The average Bonchev–Trinajstić information content (AvgIpc) is 3.08. The summed E-state index contributed by atoms with van der Waals surface area (Å²) in [4.78, 5) is 12.1. The molecule has 0 aromatic rings. The van der Waals surface area contributed by atoms with Crippen molar-refractivity contribution in [2.24, 2.45) is 11.8 Å². The minimum Gasteiger partial charge on any atom is -0.396 e. The summed E-state index contributed by atoms with van der Waals surface area (Å²) in [5.41, 5.74) is 0.917. The molecule has 1 aliphatic heterocycles. The van der Waals surface area contributed by atoms with Crippen LogP contribution in [0.15, 0.2) is 11.6 Å². The van der Waals surface area contributed by atoms with Crippen LogP contribution in [0.1, 0.15) is 40.0 Å². The number of epoxide rings is 1. The van der Waals surface area contributed by atoms with E-state index in [0.717, 1.165) is 12.8 Å². The maximum absolute atomic E-state index is 12.1. The second kappa shape index (κ2) is 5.96. The molecule has 2 rings (SSSR count). The molecular formula is C16H26O4. The van der Waals surface area contributed by atoms with E-state index in [-0.39, 0.29) is 35.9 Å². The Labute approximate surface area is 121 Å². The summed E-state index contributed by atoms with van der Waals surface area (Å²) in [5.74, 6) is 0.175. The molecule has 0 aromatic carbocycles. The Morgan fingerprint density at radius 1 is 1.55 bits per heavy atom. The van der Waals surface area contributed by atoms with Gasteiger partial charge in [-0.25, -0.2) is 0 Å². The molecule has 1 saturated heterocycles. The first kappa shape index (κ1) is 15.7. The van der Waals surface area contributed by atoms with Crippen molar-refractivity contribution < 1.29 is 19.4 Å². The second-order valence-electron chi connectivity index (χ2n) is 6.44. The Hall–Kier alpha value is -0.710. The molecule has 20 heavy (non-hydrogen) atoms. The van der Waals surface area contributed by atoms with Gasteiger partial charge in [0.25, 0.3) is 0 Å². The molecule has 1 N–H and O–H groups in total. The molecule has 2 aliphatic rings. The Morgan fingerprint density at radius 3 is 2.80 bits per heavy atom. The van der Waals surface area contributed by atoms with Gasteiger partial charge >= 0.3 is 0 Å². The first-order valence-electron chi connectivity index (χ1n) is 7.41. The van der Waals surface area contributed by atoms with E-state index in [1.807, 2.05) is 0 Å². The van der Waals surface area contributed by atoms with E-state index in [4.69, 9.17) is 9.47 Å². The lowest BCUT2D eigenvalue weighted by Gasteiger charge is -2.38. The van der Waals surface area contributed by atoms with Crippen LogP contribution >= 0.6 is 0 Å². The number of rotatable bonds is 5. The Kier molecular flexibility index (Phi) is 4.67. The SMILES string of the molecule is COC1C(=O)CCC(CO)C1C1(C)OC1CC=C(C)C. The number of carbonyl (C=O) groups is 1. The van der Waals surface area contributed by atoms with Gasteiger partial charge in [-0.15, -0.1) is 0 Å². The van der Waals surface area contributed by atoms with Gasteiger partial charge in [-0.2, -0.15) is 0 Å². The third kappa shape index (κ3) is 2.83. The number of hydrogen-bond donors (Lipinski definition) is 1. The smallest absolute Gasteiger partial charge is 0.161 e. The van der Waals surface area contributed by atoms with Crippen LogP contribution in [-0.2, 0) is 14.3 Å². The summed E-state index contributed by atoms with van der Waals surface area (Å²) < 4.78 is 11.4. The van der Waals surface area contributed by atoms with Gasteiger partial charge in [-0.05, 0) is 39.5 Å². The lowest BCUT2D eigenvalue weighted by Crippen LogP contribution is -2.49. The summed E-state index contributed by atoms with van der Waals surface area (Å²) >= 11 is 0. The molecule has 4 heteroatoms. The number of ketones is 1. The number of methoxy groups -OCH3 is 1. The number of Topliss-reactive ketones (excluding diaryl/α,β-unsaturated/α-hetero) is 1. The number of ether oxygens (including phenoxy) is 2. The van der Waals surface area contributed by atoms with Gasteiger partial charge in [0, 0.05) is 26.1 Å². The van der Waals surface area contributed by atoms with Crippen molar-refractivity contribution in [3.8, 4) is 0 Å². The first-order valence-corrected chi connectivity index (χ1v) is 7.41.